The van der Waals surface area contributed by atoms with E-state index in [1.165, 1.54) is 6.33 Å². The Morgan fingerprint density at radius 3 is 2.29 bits per heavy atom. The van der Waals surface area contributed by atoms with E-state index in [-0.39, 0.29) is 11.8 Å². The highest BCUT2D eigenvalue weighted by Gasteiger charge is 2.21. The second kappa shape index (κ2) is 9.38. The van der Waals surface area contributed by atoms with Crippen molar-refractivity contribution in [3.63, 3.8) is 0 Å². The molecule has 176 valence electrons. The Bertz CT molecular complexity index is 1340. The van der Waals surface area contributed by atoms with Gasteiger partial charge in [0.2, 0.25) is 5.75 Å². The molecule has 4 rings (SSSR count). The molecule has 0 aliphatic carbocycles. The van der Waals surface area contributed by atoms with Gasteiger partial charge in [0.25, 0.3) is 0 Å². The van der Waals surface area contributed by atoms with Gasteiger partial charge in [-0.25, -0.2) is 15.0 Å². The number of carbonyl (C=O) groups is 1. The van der Waals surface area contributed by atoms with Crippen LogP contribution in [0.15, 0.2) is 42.7 Å². The molecule has 0 radical (unpaired) electrons. The molecule has 0 unspecified atom stereocenters. The van der Waals surface area contributed by atoms with E-state index in [1.54, 1.807) is 46.5 Å². The number of methoxy groups -OCH3 is 3. The molecule has 0 bridgehead atoms. The van der Waals surface area contributed by atoms with Gasteiger partial charge in [-0.1, -0.05) is 18.2 Å². The first kappa shape index (κ1) is 23.0. The molecule has 0 fully saturated rings. The molecular weight excluding hydrogens is 434 g/mol. The highest BCUT2D eigenvalue weighted by molar-refractivity contribution is 5.95. The van der Waals surface area contributed by atoms with Crippen LogP contribution in [0.5, 0.6) is 17.2 Å². The number of ether oxygens (including phenoxy) is 3. The Morgan fingerprint density at radius 2 is 1.71 bits per heavy atom. The molecule has 9 heteroatoms. The van der Waals surface area contributed by atoms with Gasteiger partial charge in [0.05, 0.1) is 21.3 Å². The van der Waals surface area contributed by atoms with Gasteiger partial charge in [0, 0.05) is 35.0 Å². The Labute approximate surface area is 197 Å². The van der Waals surface area contributed by atoms with Crippen LogP contribution in [0.1, 0.15) is 37.2 Å². The van der Waals surface area contributed by atoms with E-state index in [4.69, 9.17) is 19.2 Å². The second-order valence-corrected chi connectivity index (χ2v) is 7.97. The van der Waals surface area contributed by atoms with Crippen molar-refractivity contribution in [2.24, 2.45) is 0 Å². The maximum atomic E-state index is 11.9. The summed E-state index contributed by atoms with van der Waals surface area (Å²) in [7, 11) is 4.69. The summed E-state index contributed by atoms with van der Waals surface area (Å²) in [5.74, 6) is 2.77. The number of hydrogen-bond acceptors (Lipinski definition) is 8. The van der Waals surface area contributed by atoms with Crippen molar-refractivity contribution < 1.29 is 19.0 Å². The van der Waals surface area contributed by atoms with Crippen LogP contribution in [0, 0.1) is 0 Å². The first-order chi connectivity index (χ1) is 16.4. The molecule has 1 N–H and O–H groups in total. The van der Waals surface area contributed by atoms with Gasteiger partial charge in [0.1, 0.15) is 12.2 Å². The van der Waals surface area contributed by atoms with E-state index in [2.05, 4.69) is 29.1 Å². The normalized spacial score (nSPS) is 11.0. The van der Waals surface area contributed by atoms with Crippen LogP contribution in [0.3, 0.4) is 0 Å². The molecule has 4 aromatic rings. The molecule has 0 amide bonds. The number of ketones is 1. The minimum Gasteiger partial charge on any atom is -0.493 e. The van der Waals surface area contributed by atoms with Gasteiger partial charge in [-0.15, -0.1) is 0 Å². The number of benzene rings is 2. The minimum atomic E-state index is -0.00129. The fraction of sp³-hybridized carbons (Fsp3) is 0.280. The molecule has 0 saturated heterocycles. The quantitative estimate of drug-likeness (QED) is 0.364. The zero-order valence-electron chi connectivity index (χ0n) is 20.0. The summed E-state index contributed by atoms with van der Waals surface area (Å²) in [5.41, 5.74) is 3.44. The first-order valence-electron chi connectivity index (χ1n) is 10.8. The van der Waals surface area contributed by atoms with Gasteiger partial charge in [0.15, 0.2) is 34.3 Å². The zero-order valence-corrected chi connectivity index (χ0v) is 20.0. The SMILES string of the molecule is COc1cc(Nc2ncnc3c2nc(-c2cccc(C(C)=O)c2)n3C(C)C)cc(OC)c1OC. The molecular formula is C25H27N5O4. The predicted octanol–water partition coefficient (Wildman–Crippen LogP) is 5.05. The molecule has 0 spiro atoms. The largest absolute Gasteiger partial charge is 0.493 e. The van der Waals surface area contributed by atoms with Crippen LogP contribution in [0.4, 0.5) is 11.5 Å². The highest BCUT2D eigenvalue weighted by atomic mass is 16.5. The summed E-state index contributed by atoms with van der Waals surface area (Å²) in [6.45, 7) is 5.68. The third-order valence-corrected chi connectivity index (χ3v) is 5.45. The smallest absolute Gasteiger partial charge is 0.203 e. The van der Waals surface area contributed by atoms with Crippen LogP contribution >= 0.6 is 0 Å². The first-order valence-corrected chi connectivity index (χ1v) is 10.8. The fourth-order valence-electron chi connectivity index (χ4n) is 3.86. The minimum absolute atomic E-state index is 0.00129. The third-order valence-electron chi connectivity index (χ3n) is 5.45. The zero-order chi connectivity index (χ0) is 24.4. The molecule has 2 aromatic heterocycles. The molecule has 9 nitrogen and oxygen atoms in total. The summed E-state index contributed by atoms with van der Waals surface area (Å²) in [5, 5.41) is 3.31. The van der Waals surface area contributed by atoms with Crippen molar-refractivity contribution in [3.05, 3.63) is 48.3 Å². The van der Waals surface area contributed by atoms with Crippen LogP contribution in [0.2, 0.25) is 0 Å². The Morgan fingerprint density at radius 1 is 1.00 bits per heavy atom. The van der Waals surface area contributed by atoms with E-state index < -0.39 is 0 Å². The topological polar surface area (TPSA) is 100 Å². The predicted molar refractivity (Wildman–Crippen MR) is 131 cm³/mol. The van der Waals surface area contributed by atoms with Crippen LogP contribution in [-0.4, -0.2) is 46.6 Å². The number of anilines is 2. The van der Waals surface area contributed by atoms with Gasteiger partial charge < -0.3 is 24.1 Å². The van der Waals surface area contributed by atoms with Gasteiger partial charge >= 0.3 is 0 Å². The number of rotatable bonds is 8. The van der Waals surface area contributed by atoms with Gasteiger partial charge in [-0.05, 0) is 26.8 Å². The number of nitrogens with one attached hydrogen (secondary N) is 1. The van der Waals surface area contributed by atoms with Crippen LogP contribution in [-0.2, 0) is 0 Å². The van der Waals surface area contributed by atoms with Crippen LogP contribution in [0.25, 0.3) is 22.6 Å². The maximum Gasteiger partial charge on any atom is 0.203 e. The number of hydrogen-bond donors (Lipinski definition) is 1. The molecule has 0 atom stereocenters. The molecule has 34 heavy (non-hydrogen) atoms. The Kier molecular flexibility index (Phi) is 6.36. The Balaban J connectivity index is 1.86. The summed E-state index contributed by atoms with van der Waals surface area (Å²) in [6.07, 6.45) is 1.50. The lowest BCUT2D eigenvalue weighted by atomic mass is 10.1. The highest BCUT2D eigenvalue weighted by Crippen LogP contribution is 2.41. The Hall–Kier alpha value is -4.14. The summed E-state index contributed by atoms with van der Waals surface area (Å²) in [6, 6.07) is 11.1. The number of carbonyl (C=O) groups excluding carboxylic acids is 1. The lowest BCUT2D eigenvalue weighted by Gasteiger charge is -2.15. The molecule has 2 heterocycles. The molecule has 0 aliphatic heterocycles. The van der Waals surface area contributed by atoms with Crippen molar-refractivity contribution in [3.8, 4) is 28.6 Å². The maximum absolute atomic E-state index is 11.9. The monoisotopic (exact) mass is 461 g/mol. The number of fused-ring (bicyclic) bond motifs is 1. The number of aromatic nitrogens is 4. The van der Waals surface area contributed by atoms with Gasteiger partial charge in [-0.2, -0.15) is 0 Å². The van der Waals surface area contributed by atoms with E-state index in [0.29, 0.717) is 51.3 Å². The molecule has 0 aliphatic rings. The van der Waals surface area contributed by atoms with E-state index in [0.717, 1.165) is 5.56 Å². The number of imidazole rings is 1. The summed E-state index contributed by atoms with van der Waals surface area (Å²) in [4.78, 5) is 25.8. The lowest BCUT2D eigenvalue weighted by Crippen LogP contribution is -2.05. The number of nitrogens with zero attached hydrogens (tertiary/aromatic N) is 4. The fourth-order valence-corrected chi connectivity index (χ4v) is 3.86. The van der Waals surface area contributed by atoms with Crippen molar-refractivity contribution in [2.45, 2.75) is 26.8 Å². The summed E-state index contributed by atoms with van der Waals surface area (Å²) >= 11 is 0. The van der Waals surface area contributed by atoms with Gasteiger partial charge in [-0.3, -0.25) is 4.79 Å². The van der Waals surface area contributed by atoms with Crippen molar-refractivity contribution in [2.75, 3.05) is 26.6 Å². The average Bonchev–Trinajstić information content (AvgIpc) is 3.24. The van der Waals surface area contributed by atoms with E-state index in [1.807, 2.05) is 22.8 Å². The van der Waals surface area contributed by atoms with E-state index >= 15 is 0 Å². The lowest BCUT2D eigenvalue weighted by molar-refractivity contribution is 0.101. The molecule has 2 aromatic carbocycles. The van der Waals surface area contributed by atoms with Crippen LogP contribution < -0.4 is 19.5 Å². The standard InChI is InChI=1S/C25H27N5O4/c1-14(2)30-24(17-9-7-8-16(10-17)15(3)31)29-21-23(26-13-27-25(21)30)28-18-11-19(32-4)22(34-6)20(12-18)33-5/h7-14H,1-6H3,(H,26,27,28). The van der Waals surface area contributed by atoms with E-state index in [9.17, 15) is 4.79 Å². The molecule has 0 saturated carbocycles. The average molecular weight is 462 g/mol. The number of Topliss-reactive ketones (excluding diaryl/α,β-unsaturated/α-hetero) is 1. The summed E-state index contributed by atoms with van der Waals surface area (Å²) < 4.78 is 18.4. The van der Waals surface area contributed by atoms with Crippen molar-refractivity contribution in [1.29, 1.82) is 0 Å². The van der Waals surface area contributed by atoms with Crippen molar-refractivity contribution >= 4 is 28.5 Å². The third kappa shape index (κ3) is 4.12. The van der Waals surface area contributed by atoms with Crippen molar-refractivity contribution in [1.82, 2.24) is 19.5 Å². The second-order valence-electron chi connectivity index (χ2n) is 7.97.